The number of sulfonamides is 1. The molecule has 21 heavy (non-hydrogen) atoms. The first-order valence-electron chi connectivity index (χ1n) is 7.75. The summed E-state index contributed by atoms with van der Waals surface area (Å²) in [6, 6.07) is 6.47. The molecule has 0 amide bonds. The molecule has 1 N–H and O–H groups in total. The maximum Gasteiger partial charge on any atom is 0.240 e. The van der Waals surface area contributed by atoms with Gasteiger partial charge >= 0.3 is 0 Å². The number of methoxy groups -OCH3 is 1. The van der Waals surface area contributed by atoms with Crippen LogP contribution in [0.25, 0.3) is 0 Å². The summed E-state index contributed by atoms with van der Waals surface area (Å²) in [6.45, 7) is 0.519. The number of ether oxygens (including phenoxy) is 1. The summed E-state index contributed by atoms with van der Waals surface area (Å²) >= 11 is 0. The zero-order valence-electron chi connectivity index (χ0n) is 12.7. The molecule has 0 saturated heterocycles. The second kappa shape index (κ2) is 7.80. The Bertz CT molecular complexity index is 519. The molecule has 0 heterocycles. The maximum atomic E-state index is 12.1. The van der Waals surface area contributed by atoms with Crippen LogP contribution in [0.2, 0.25) is 0 Å². The lowest BCUT2D eigenvalue weighted by Crippen LogP contribution is -2.25. The van der Waals surface area contributed by atoms with E-state index < -0.39 is 10.0 Å². The number of nitrogens with one attached hydrogen (secondary N) is 1. The summed E-state index contributed by atoms with van der Waals surface area (Å²) in [7, 11) is -1.83. The second-order valence-electron chi connectivity index (χ2n) is 5.72. The highest BCUT2D eigenvalue weighted by molar-refractivity contribution is 7.89. The molecule has 1 fully saturated rings. The van der Waals surface area contributed by atoms with Gasteiger partial charge in [-0.15, -0.1) is 0 Å². The molecule has 0 unspecified atom stereocenters. The van der Waals surface area contributed by atoms with Crippen LogP contribution in [-0.4, -0.2) is 22.1 Å². The highest BCUT2D eigenvalue weighted by atomic mass is 32.2. The van der Waals surface area contributed by atoms with E-state index in [1.165, 1.54) is 32.1 Å². The third kappa shape index (κ3) is 5.00. The van der Waals surface area contributed by atoms with Gasteiger partial charge < -0.3 is 4.74 Å². The van der Waals surface area contributed by atoms with Gasteiger partial charge in [0.25, 0.3) is 0 Å². The topological polar surface area (TPSA) is 55.4 Å². The average Bonchev–Trinajstić information content (AvgIpc) is 2.53. The van der Waals surface area contributed by atoms with Crippen molar-refractivity contribution in [1.29, 1.82) is 0 Å². The Balaban J connectivity index is 1.77. The normalized spacial score (nSPS) is 16.8. The Morgan fingerprint density at radius 2 is 1.81 bits per heavy atom. The molecular weight excluding hydrogens is 286 g/mol. The van der Waals surface area contributed by atoms with Gasteiger partial charge in [0.05, 0.1) is 12.0 Å². The predicted octanol–water partition coefficient (Wildman–Crippen LogP) is 3.33. The molecule has 5 heteroatoms. The van der Waals surface area contributed by atoms with E-state index in [1.54, 1.807) is 31.4 Å². The Hall–Kier alpha value is -1.07. The number of hydrogen-bond donors (Lipinski definition) is 1. The third-order valence-electron chi connectivity index (χ3n) is 4.18. The minimum Gasteiger partial charge on any atom is -0.497 e. The maximum absolute atomic E-state index is 12.1. The van der Waals surface area contributed by atoms with Crippen LogP contribution in [-0.2, 0) is 10.0 Å². The van der Waals surface area contributed by atoms with E-state index in [1.807, 2.05) is 0 Å². The Labute approximate surface area is 127 Å². The summed E-state index contributed by atoms with van der Waals surface area (Å²) < 4.78 is 32.0. The molecule has 1 aliphatic carbocycles. The van der Waals surface area contributed by atoms with E-state index >= 15 is 0 Å². The minimum atomic E-state index is -3.39. The van der Waals surface area contributed by atoms with Crippen molar-refractivity contribution < 1.29 is 13.2 Å². The van der Waals surface area contributed by atoms with Gasteiger partial charge in [0.15, 0.2) is 0 Å². The zero-order chi connectivity index (χ0) is 15.1. The Kier molecular flexibility index (Phi) is 6.06. The molecule has 1 aromatic carbocycles. The second-order valence-corrected chi connectivity index (χ2v) is 7.49. The summed E-state index contributed by atoms with van der Waals surface area (Å²) in [4.78, 5) is 0.293. The van der Waals surface area contributed by atoms with E-state index in [2.05, 4.69) is 4.72 Å². The molecule has 2 rings (SSSR count). The van der Waals surface area contributed by atoms with E-state index in [0.29, 0.717) is 17.2 Å². The van der Waals surface area contributed by atoms with Crippen LogP contribution in [0.5, 0.6) is 5.75 Å². The lowest BCUT2D eigenvalue weighted by atomic mass is 9.86. The highest BCUT2D eigenvalue weighted by Crippen LogP contribution is 2.27. The van der Waals surface area contributed by atoms with Gasteiger partial charge in [-0.3, -0.25) is 0 Å². The largest absolute Gasteiger partial charge is 0.497 e. The van der Waals surface area contributed by atoms with Crippen molar-refractivity contribution in [3.63, 3.8) is 0 Å². The van der Waals surface area contributed by atoms with Crippen molar-refractivity contribution in [2.45, 2.75) is 49.8 Å². The van der Waals surface area contributed by atoms with Gasteiger partial charge in [-0.1, -0.05) is 32.1 Å². The van der Waals surface area contributed by atoms with E-state index in [4.69, 9.17) is 4.74 Å². The van der Waals surface area contributed by atoms with Gasteiger partial charge in [-0.25, -0.2) is 13.1 Å². The first kappa shape index (κ1) is 16.3. The smallest absolute Gasteiger partial charge is 0.240 e. The predicted molar refractivity (Wildman–Crippen MR) is 84.0 cm³/mol. The summed E-state index contributed by atoms with van der Waals surface area (Å²) in [5, 5.41) is 0. The van der Waals surface area contributed by atoms with Crippen LogP contribution in [0.3, 0.4) is 0 Å². The number of hydrogen-bond acceptors (Lipinski definition) is 3. The summed E-state index contributed by atoms with van der Waals surface area (Å²) in [6.07, 6.45) is 8.70. The van der Waals surface area contributed by atoms with Gasteiger partial charge in [0.2, 0.25) is 10.0 Å². The molecule has 0 radical (unpaired) electrons. The monoisotopic (exact) mass is 311 g/mol. The lowest BCUT2D eigenvalue weighted by molar-refractivity contribution is 0.333. The molecule has 118 valence electrons. The highest BCUT2D eigenvalue weighted by Gasteiger charge is 2.15. The van der Waals surface area contributed by atoms with Crippen LogP contribution in [0.15, 0.2) is 29.2 Å². The lowest BCUT2D eigenvalue weighted by Gasteiger charge is -2.21. The van der Waals surface area contributed by atoms with E-state index in [9.17, 15) is 8.42 Å². The van der Waals surface area contributed by atoms with Gasteiger partial charge in [0, 0.05) is 6.54 Å². The van der Waals surface area contributed by atoms with Crippen LogP contribution >= 0.6 is 0 Å². The van der Waals surface area contributed by atoms with Crippen molar-refractivity contribution in [3.8, 4) is 5.75 Å². The average molecular weight is 311 g/mol. The fraction of sp³-hybridized carbons (Fsp3) is 0.625. The van der Waals surface area contributed by atoms with Crippen molar-refractivity contribution >= 4 is 10.0 Å². The first-order chi connectivity index (χ1) is 10.1. The van der Waals surface area contributed by atoms with Crippen LogP contribution in [0.1, 0.15) is 44.9 Å². The fourth-order valence-corrected chi connectivity index (χ4v) is 3.99. The molecule has 0 aromatic heterocycles. The van der Waals surface area contributed by atoms with Crippen LogP contribution < -0.4 is 9.46 Å². The third-order valence-corrected chi connectivity index (χ3v) is 5.65. The number of benzene rings is 1. The van der Waals surface area contributed by atoms with Gasteiger partial charge in [-0.2, -0.15) is 0 Å². The van der Waals surface area contributed by atoms with E-state index in [-0.39, 0.29) is 0 Å². The van der Waals surface area contributed by atoms with Gasteiger partial charge in [-0.05, 0) is 43.0 Å². The molecule has 0 aliphatic heterocycles. The van der Waals surface area contributed by atoms with Gasteiger partial charge in [0.1, 0.15) is 5.75 Å². The molecule has 4 nitrogen and oxygen atoms in total. The van der Waals surface area contributed by atoms with Crippen molar-refractivity contribution in [3.05, 3.63) is 24.3 Å². The molecule has 0 atom stereocenters. The molecule has 0 spiro atoms. The molecule has 1 saturated carbocycles. The Morgan fingerprint density at radius 1 is 1.14 bits per heavy atom. The fourth-order valence-electron chi connectivity index (χ4n) is 2.91. The zero-order valence-corrected chi connectivity index (χ0v) is 13.5. The molecular formula is C16H25NO3S. The SMILES string of the molecule is COc1ccc(S(=O)(=O)NCCCC2CCCCC2)cc1. The Morgan fingerprint density at radius 3 is 2.43 bits per heavy atom. The molecule has 0 bridgehead atoms. The van der Waals surface area contributed by atoms with Crippen molar-refractivity contribution in [2.75, 3.05) is 13.7 Å². The quantitative estimate of drug-likeness (QED) is 0.786. The standard InChI is InChI=1S/C16H25NO3S/c1-20-15-9-11-16(12-10-15)21(18,19)17-13-5-8-14-6-3-2-4-7-14/h9-12,14,17H,2-8,13H2,1H3. The van der Waals surface area contributed by atoms with Crippen molar-refractivity contribution in [1.82, 2.24) is 4.72 Å². The molecule has 1 aromatic rings. The van der Waals surface area contributed by atoms with Crippen LogP contribution in [0, 0.1) is 5.92 Å². The molecule has 1 aliphatic rings. The van der Waals surface area contributed by atoms with Crippen LogP contribution in [0.4, 0.5) is 0 Å². The van der Waals surface area contributed by atoms with Crippen molar-refractivity contribution in [2.24, 2.45) is 5.92 Å². The van der Waals surface area contributed by atoms with E-state index in [0.717, 1.165) is 18.8 Å². The minimum absolute atomic E-state index is 0.293. The summed E-state index contributed by atoms with van der Waals surface area (Å²) in [5.41, 5.74) is 0. The summed E-state index contributed by atoms with van der Waals surface area (Å²) in [5.74, 6) is 1.45. The number of rotatable bonds is 7. The first-order valence-corrected chi connectivity index (χ1v) is 9.24.